The molecule has 0 amide bonds. The van der Waals surface area contributed by atoms with Crippen LogP contribution in [0.4, 0.5) is 15.8 Å². The average Bonchev–Trinajstić information content (AvgIpc) is 3.61. The minimum Gasteiger partial charge on any atom is -0.505 e. The number of anilines is 2. The van der Waals surface area contributed by atoms with Gasteiger partial charge in [0.05, 0.1) is 36.2 Å². The Morgan fingerprint density at radius 2 is 1.29 bits per heavy atom. The number of phenols is 1. The number of halogens is 1. The number of ether oxygens (including phenoxy) is 1. The van der Waals surface area contributed by atoms with Crippen molar-refractivity contribution < 1.29 is 14.2 Å². The highest BCUT2D eigenvalue weighted by Crippen LogP contribution is 2.44. The van der Waals surface area contributed by atoms with Crippen molar-refractivity contribution in [3.05, 3.63) is 198 Å². The van der Waals surface area contributed by atoms with Crippen LogP contribution in [0.15, 0.2) is 164 Å². The summed E-state index contributed by atoms with van der Waals surface area (Å²) in [7, 11) is 0. The maximum Gasteiger partial charge on any atom is 0.188 e. The molecule has 0 fully saturated rings. The summed E-state index contributed by atoms with van der Waals surface area (Å²) < 4.78 is 24.1. The Morgan fingerprint density at radius 1 is 0.765 bits per heavy atom. The molecule has 0 unspecified atom stereocenters. The summed E-state index contributed by atoms with van der Waals surface area (Å²) in [6, 6.07) is 52.8. The second kappa shape index (κ2) is 14.5. The van der Waals surface area contributed by atoms with Crippen LogP contribution in [0.3, 0.4) is 0 Å². The van der Waals surface area contributed by atoms with Crippen LogP contribution in [-0.4, -0.2) is 21.3 Å². The molecule has 0 saturated carbocycles. The third-order valence-electron chi connectivity index (χ3n) is 9.00. The Bertz CT molecular complexity index is 2170. The Labute approximate surface area is 296 Å². The van der Waals surface area contributed by atoms with E-state index in [1.54, 1.807) is 35.2 Å². The summed E-state index contributed by atoms with van der Waals surface area (Å²) in [5, 5.41) is 20.4. The quantitative estimate of drug-likeness (QED) is 0.139. The molecular formula is C44H35FN4O2. The van der Waals surface area contributed by atoms with Crippen LogP contribution < -0.4 is 9.64 Å². The van der Waals surface area contributed by atoms with Gasteiger partial charge in [0.1, 0.15) is 17.1 Å². The molecule has 7 rings (SSSR count). The molecule has 0 aliphatic rings. The standard InChI is InChI=1S/C44H35FN4O2/c1-2-51-38-27-40(43(45)41(50)28-38)48(37-25-23-32(29-46)24-26-37)31-42-47-39(33-15-7-3-8-16-33)30-49(42)44(34-17-9-4-10-18-34,35-19-11-5-12-20-35)36-21-13-6-14-22-36/h3-28,30,50H,2,31H2,1H3. The molecule has 6 nitrogen and oxygen atoms in total. The highest BCUT2D eigenvalue weighted by atomic mass is 19.1. The van der Waals surface area contributed by atoms with E-state index in [2.05, 4.69) is 53.2 Å². The first-order valence-corrected chi connectivity index (χ1v) is 16.8. The summed E-state index contributed by atoms with van der Waals surface area (Å²) in [6.45, 7) is 2.25. The molecule has 0 atom stereocenters. The Hall–Kier alpha value is -6.65. The van der Waals surface area contributed by atoms with E-state index in [1.165, 1.54) is 6.07 Å². The Morgan fingerprint density at radius 3 is 1.80 bits per heavy atom. The van der Waals surface area contributed by atoms with Crippen molar-refractivity contribution in [2.24, 2.45) is 0 Å². The molecule has 0 radical (unpaired) electrons. The van der Waals surface area contributed by atoms with Crippen molar-refractivity contribution >= 4 is 11.4 Å². The van der Waals surface area contributed by atoms with Gasteiger partial charge in [-0.2, -0.15) is 5.26 Å². The summed E-state index contributed by atoms with van der Waals surface area (Å²) >= 11 is 0. The van der Waals surface area contributed by atoms with Crippen molar-refractivity contribution in [2.45, 2.75) is 19.0 Å². The smallest absolute Gasteiger partial charge is 0.188 e. The number of benzene rings is 6. The SMILES string of the molecule is CCOc1cc(O)c(F)c(N(Cc2nc(-c3ccccc3)cn2C(c2ccccc2)(c2ccccc2)c2ccccc2)c2ccc(C#N)cc2)c1. The van der Waals surface area contributed by atoms with Crippen molar-refractivity contribution in [2.75, 3.05) is 11.5 Å². The van der Waals surface area contributed by atoms with Crippen LogP contribution >= 0.6 is 0 Å². The number of hydrogen-bond donors (Lipinski definition) is 1. The van der Waals surface area contributed by atoms with Gasteiger partial charge in [-0.05, 0) is 47.9 Å². The predicted octanol–water partition coefficient (Wildman–Crippen LogP) is 9.84. The van der Waals surface area contributed by atoms with Gasteiger partial charge in [0.15, 0.2) is 11.6 Å². The van der Waals surface area contributed by atoms with Crippen LogP contribution in [0.1, 0.15) is 35.0 Å². The number of nitriles is 1. The van der Waals surface area contributed by atoms with E-state index in [0.717, 1.165) is 27.9 Å². The molecule has 1 aromatic heterocycles. The van der Waals surface area contributed by atoms with Gasteiger partial charge in [0.2, 0.25) is 0 Å². The zero-order valence-corrected chi connectivity index (χ0v) is 28.0. The molecule has 0 aliphatic heterocycles. The van der Waals surface area contributed by atoms with Crippen molar-refractivity contribution in [3.8, 4) is 28.8 Å². The topological polar surface area (TPSA) is 74.3 Å². The lowest BCUT2D eigenvalue weighted by molar-refractivity contribution is 0.335. The first-order valence-electron chi connectivity index (χ1n) is 16.8. The minimum absolute atomic E-state index is 0.0823. The lowest BCUT2D eigenvalue weighted by atomic mass is 9.76. The fourth-order valence-corrected chi connectivity index (χ4v) is 6.71. The fourth-order valence-electron chi connectivity index (χ4n) is 6.71. The summed E-state index contributed by atoms with van der Waals surface area (Å²) in [6.07, 6.45) is 2.07. The van der Waals surface area contributed by atoms with E-state index >= 15 is 4.39 Å². The second-order valence-electron chi connectivity index (χ2n) is 12.0. The molecule has 6 aromatic carbocycles. The van der Waals surface area contributed by atoms with Gasteiger partial charge in [0.25, 0.3) is 0 Å². The number of imidazole rings is 1. The van der Waals surface area contributed by atoms with Gasteiger partial charge >= 0.3 is 0 Å². The molecule has 1 heterocycles. The van der Waals surface area contributed by atoms with Gasteiger partial charge in [-0.1, -0.05) is 121 Å². The largest absolute Gasteiger partial charge is 0.505 e. The molecule has 0 bridgehead atoms. The van der Waals surface area contributed by atoms with Gasteiger partial charge in [0, 0.05) is 29.6 Å². The van der Waals surface area contributed by atoms with Gasteiger partial charge in [-0.3, -0.25) is 0 Å². The van der Waals surface area contributed by atoms with E-state index in [4.69, 9.17) is 9.72 Å². The number of aromatic nitrogens is 2. The lowest BCUT2D eigenvalue weighted by Gasteiger charge is -2.39. The van der Waals surface area contributed by atoms with Crippen LogP contribution in [0.2, 0.25) is 0 Å². The molecule has 51 heavy (non-hydrogen) atoms. The molecular weight excluding hydrogens is 636 g/mol. The van der Waals surface area contributed by atoms with Gasteiger partial charge < -0.3 is 19.3 Å². The number of rotatable bonds is 11. The third-order valence-corrected chi connectivity index (χ3v) is 9.00. The van der Waals surface area contributed by atoms with E-state index in [-0.39, 0.29) is 12.2 Å². The molecule has 7 heteroatoms. The molecule has 0 spiro atoms. The number of aromatic hydroxyl groups is 1. The van der Waals surface area contributed by atoms with Crippen LogP contribution in [0.25, 0.3) is 11.3 Å². The first kappa shape index (κ1) is 32.9. The zero-order valence-electron chi connectivity index (χ0n) is 28.0. The van der Waals surface area contributed by atoms with Gasteiger partial charge in [-0.15, -0.1) is 0 Å². The van der Waals surface area contributed by atoms with Crippen molar-refractivity contribution in [3.63, 3.8) is 0 Å². The monoisotopic (exact) mass is 670 g/mol. The molecule has 0 saturated heterocycles. The van der Waals surface area contributed by atoms with Crippen LogP contribution in [0.5, 0.6) is 11.5 Å². The maximum absolute atomic E-state index is 16.2. The predicted molar refractivity (Wildman–Crippen MR) is 199 cm³/mol. The average molecular weight is 671 g/mol. The number of phenolic OH excluding ortho intramolecular Hbond substituents is 1. The molecule has 250 valence electrons. The maximum atomic E-state index is 16.2. The van der Waals surface area contributed by atoms with Crippen molar-refractivity contribution in [1.82, 2.24) is 9.55 Å². The molecule has 7 aromatic rings. The number of hydrogen-bond acceptors (Lipinski definition) is 5. The molecule has 0 aliphatic carbocycles. The molecule has 1 N–H and O–H groups in total. The minimum atomic E-state index is -0.913. The third kappa shape index (κ3) is 6.31. The second-order valence-corrected chi connectivity index (χ2v) is 12.0. The fraction of sp³-hybridized carbons (Fsp3) is 0.0909. The first-order chi connectivity index (χ1) is 25.0. The highest BCUT2D eigenvalue weighted by molar-refractivity contribution is 5.69. The summed E-state index contributed by atoms with van der Waals surface area (Å²) in [4.78, 5) is 7.07. The summed E-state index contributed by atoms with van der Waals surface area (Å²) in [5.74, 6) is -0.388. The summed E-state index contributed by atoms with van der Waals surface area (Å²) in [5.41, 5.74) is 4.94. The van der Waals surface area contributed by atoms with E-state index < -0.39 is 17.1 Å². The van der Waals surface area contributed by atoms with Gasteiger partial charge in [-0.25, -0.2) is 9.37 Å². The van der Waals surface area contributed by atoms with E-state index in [1.807, 2.05) is 91.9 Å². The van der Waals surface area contributed by atoms with E-state index in [0.29, 0.717) is 29.4 Å². The Balaban J connectivity index is 1.55. The van der Waals surface area contributed by atoms with Crippen LogP contribution in [-0.2, 0) is 12.1 Å². The normalized spacial score (nSPS) is 11.2. The van der Waals surface area contributed by atoms with E-state index in [9.17, 15) is 10.4 Å². The Kier molecular flexibility index (Phi) is 9.32. The lowest BCUT2D eigenvalue weighted by Crippen LogP contribution is -2.39. The van der Waals surface area contributed by atoms with Crippen molar-refractivity contribution in [1.29, 1.82) is 5.26 Å². The van der Waals surface area contributed by atoms with Crippen LogP contribution in [0, 0.1) is 17.1 Å². The number of nitrogens with zero attached hydrogens (tertiary/aromatic N) is 4. The zero-order chi connectivity index (χ0) is 35.2. The highest BCUT2D eigenvalue weighted by Gasteiger charge is 2.40.